The van der Waals surface area contributed by atoms with Gasteiger partial charge in [-0.3, -0.25) is 13.9 Å². The van der Waals surface area contributed by atoms with Crippen LogP contribution in [-0.2, 0) is 26.0 Å². The van der Waals surface area contributed by atoms with E-state index in [4.69, 9.17) is 0 Å². The van der Waals surface area contributed by atoms with Gasteiger partial charge in [-0.2, -0.15) is 0 Å². The van der Waals surface area contributed by atoms with Crippen LogP contribution in [0.25, 0.3) is 0 Å². The molecule has 1 N–H and O–H groups in total. The second-order valence-corrected chi connectivity index (χ2v) is 10.9. The fourth-order valence-corrected chi connectivity index (χ4v) is 5.60. The molecular weight excluding hydrogens is 486 g/mol. The van der Waals surface area contributed by atoms with E-state index >= 15 is 0 Å². The smallest absolute Gasteiger partial charge is 0.264 e. The first-order valence-electron chi connectivity index (χ1n) is 12.4. The lowest BCUT2D eigenvalue weighted by Gasteiger charge is -2.32. The summed E-state index contributed by atoms with van der Waals surface area (Å²) in [6.45, 7) is 7.45. The molecule has 3 aromatic carbocycles. The molecule has 0 spiro atoms. The van der Waals surface area contributed by atoms with Gasteiger partial charge in [-0.05, 0) is 69.0 Å². The Kier molecular flexibility index (Phi) is 9.47. The van der Waals surface area contributed by atoms with Crippen LogP contribution in [0.2, 0.25) is 0 Å². The predicted octanol–water partition coefficient (Wildman–Crippen LogP) is 4.09. The molecule has 0 aromatic heterocycles. The topological polar surface area (TPSA) is 86.8 Å². The molecule has 2 amide bonds. The van der Waals surface area contributed by atoms with Gasteiger partial charge >= 0.3 is 0 Å². The van der Waals surface area contributed by atoms with E-state index in [2.05, 4.69) is 5.32 Å². The molecule has 1 atom stereocenters. The van der Waals surface area contributed by atoms with Crippen molar-refractivity contribution < 1.29 is 18.0 Å². The lowest BCUT2D eigenvalue weighted by Crippen LogP contribution is -2.52. The largest absolute Gasteiger partial charge is 0.355 e. The van der Waals surface area contributed by atoms with Crippen LogP contribution in [0.15, 0.2) is 83.8 Å². The maximum Gasteiger partial charge on any atom is 0.264 e. The lowest BCUT2D eigenvalue weighted by atomic mass is 10.1. The van der Waals surface area contributed by atoms with Crippen molar-refractivity contribution in [2.24, 2.45) is 0 Å². The van der Waals surface area contributed by atoms with E-state index in [1.165, 1.54) is 17.0 Å². The number of rotatable bonds is 11. The summed E-state index contributed by atoms with van der Waals surface area (Å²) >= 11 is 0. The molecule has 0 aliphatic rings. The number of hydrogen-bond acceptors (Lipinski definition) is 4. The number of sulfonamides is 1. The summed E-state index contributed by atoms with van der Waals surface area (Å²) < 4.78 is 28.8. The van der Waals surface area contributed by atoms with Gasteiger partial charge in [0.25, 0.3) is 10.0 Å². The third kappa shape index (κ3) is 6.98. The van der Waals surface area contributed by atoms with Crippen molar-refractivity contribution in [3.63, 3.8) is 0 Å². The van der Waals surface area contributed by atoms with Crippen LogP contribution < -0.4 is 9.62 Å². The summed E-state index contributed by atoms with van der Waals surface area (Å²) in [4.78, 5) is 28.1. The monoisotopic (exact) mass is 521 g/mol. The molecule has 7 nitrogen and oxygen atoms in total. The first kappa shape index (κ1) is 27.9. The van der Waals surface area contributed by atoms with E-state index in [0.29, 0.717) is 18.7 Å². The van der Waals surface area contributed by atoms with Crippen molar-refractivity contribution in [1.29, 1.82) is 0 Å². The average Bonchev–Trinajstić information content (AvgIpc) is 2.90. The Hall–Kier alpha value is -3.65. The lowest BCUT2D eigenvalue weighted by molar-refractivity contribution is -0.138. The van der Waals surface area contributed by atoms with Crippen LogP contribution in [0.1, 0.15) is 30.5 Å². The predicted molar refractivity (Wildman–Crippen MR) is 147 cm³/mol. The van der Waals surface area contributed by atoms with Crippen molar-refractivity contribution in [2.45, 2.75) is 45.1 Å². The van der Waals surface area contributed by atoms with Gasteiger partial charge in [0.05, 0.1) is 10.6 Å². The van der Waals surface area contributed by atoms with Crippen LogP contribution in [0.3, 0.4) is 0 Å². The summed E-state index contributed by atoms with van der Waals surface area (Å²) in [6, 6.07) is 22.5. The number of anilines is 1. The van der Waals surface area contributed by atoms with Crippen molar-refractivity contribution in [3.05, 3.63) is 95.6 Å². The number of nitrogens with one attached hydrogen (secondary N) is 1. The summed E-state index contributed by atoms with van der Waals surface area (Å²) in [6.07, 6.45) is 0.533. The molecular formula is C29H35N3O4S. The Morgan fingerprint density at radius 3 is 2.16 bits per heavy atom. The highest BCUT2D eigenvalue weighted by Crippen LogP contribution is 2.28. The summed E-state index contributed by atoms with van der Waals surface area (Å²) in [5.74, 6) is -0.733. The van der Waals surface area contributed by atoms with Crippen LogP contribution >= 0.6 is 0 Å². The first-order chi connectivity index (χ1) is 17.6. The molecule has 3 aromatic rings. The number of benzene rings is 3. The SMILES string of the molecule is CCNC(=O)[C@@H](C)N(CCc1ccccc1)C(=O)CN(c1cc(C)ccc1C)S(=O)(=O)c1ccccc1. The molecule has 0 unspecified atom stereocenters. The van der Waals surface area contributed by atoms with Crippen LogP contribution in [0.4, 0.5) is 5.69 Å². The first-order valence-corrected chi connectivity index (χ1v) is 13.8. The fraction of sp³-hybridized carbons (Fsp3) is 0.310. The van der Waals surface area contributed by atoms with E-state index < -0.39 is 28.5 Å². The summed E-state index contributed by atoms with van der Waals surface area (Å²) in [7, 11) is -4.06. The quantitative estimate of drug-likeness (QED) is 0.412. The summed E-state index contributed by atoms with van der Waals surface area (Å²) in [5, 5.41) is 2.77. The average molecular weight is 522 g/mol. The Labute approximate surface area is 220 Å². The van der Waals surface area contributed by atoms with Crippen molar-refractivity contribution in [3.8, 4) is 0 Å². The Morgan fingerprint density at radius 2 is 1.54 bits per heavy atom. The van der Waals surface area contributed by atoms with Gasteiger partial charge in [0.2, 0.25) is 11.8 Å². The maximum absolute atomic E-state index is 13.8. The van der Waals surface area contributed by atoms with Crippen molar-refractivity contribution in [1.82, 2.24) is 10.2 Å². The van der Waals surface area contributed by atoms with E-state index in [-0.39, 0.29) is 17.3 Å². The highest BCUT2D eigenvalue weighted by atomic mass is 32.2. The van der Waals surface area contributed by atoms with E-state index in [1.54, 1.807) is 31.2 Å². The number of likely N-dealkylation sites (N-methyl/N-ethyl adjacent to an activating group) is 1. The Morgan fingerprint density at radius 1 is 0.919 bits per heavy atom. The zero-order chi connectivity index (χ0) is 27.0. The zero-order valence-corrected chi connectivity index (χ0v) is 22.7. The van der Waals surface area contributed by atoms with Gasteiger partial charge in [0.15, 0.2) is 0 Å². The van der Waals surface area contributed by atoms with Crippen LogP contribution in [0, 0.1) is 13.8 Å². The molecule has 8 heteroatoms. The van der Waals surface area contributed by atoms with Gasteiger partial charge in [0.1, 0.15) is 12.6 Å². The third-order valence-corrected chi connectivity index (χ3v) is 8.02. The molecule has 0 saturated heterocycles. The van der Waals surface area contributed by atoms with Gasteiger partial charge in [-0.25, -0.2) is 8.42 Å². The second kappa shape index (κ2) is 12.5. The maximum atomic E-state index is 13.8. The molecule has 0 aliphatic carbocycles. The molecule has 0 aliphatic heterocycles. The van der Waals surface area contributed by atoms with Crippen molar-refractivity contribution >= 4 is 27.5 Å². The molecule has 3 rings (SSSR count). The number of aryl methyl sites for hydroxylation is 2. The minimum Gasteiger partial charge on any atom is -0.355 e. The number of hydrogen-bond donors (Lipinski definition) is 1. The minimum absolute atomic E-state index is 0.0938. The highest BCUT2D eigenvalue weighted by molar-refractivity contribution is 7.92. The number of carbonyl (C=O) groups excluding carboxylic acids is 2. The van der Waals surface area contributed by atoms with E-state index in [1.807, 2.05) is 63.2 Å². The van der Waals surface area contributed by atoms with Gasteiger partial charge in [-0.1, -0.05) is 60.7 Å². The molecule has 0 heterocycles. The third-order valence-electron chi connectivity index (χ3n) is 6.25. The zero-order valence-electron chi connectivity index (χ0n) is 21.8. The van der Waals surface area contributed by atoms with Gasteiger partial charge < -0.3 is 10.2 Å². The van der Waals surface area contributed by atoms with E-state index in [9.17, 15) is 18.0 Å². The van der Waals surface area contributed by atoms with Gasteiger partial charge in [-0.15, -0.1) is 0 Å². The van der Waals surface area contributed by atoms with Crippen LogP contribution in [-0.4, -0.2) is 50.8 Å². The van der Waals surface area contributed by atoms with E-state index in [0.717, 1.165) is 21.0 Å². The molecule has 0 radical (unpaired) electrons. The fourth-order valence-electron chi connectivity index (χ4n) is 4.11. The molecule has 196 valence electrons. The molecule has 0 fully saturated rings. The van der Waals surface area contributed by atoms with Crippen molar-refractivity contribution in [2.75, 3.05) is 23.9 Å². The normalized spacial score (nSPS) is 12.0. The number of nitrogens with zero attached hydrogens (tertiary/aromatic N) is 2. The number of carbonyl (C=O) groups is 2. The highest BCUT2D eigenvalue weighted by Gasteiger charge is 2.32. The van der Waals surface area contributed by atoms with Crippen LogP contribution in [0.5, 0.6) is 0 Å². The standard InChI is InChI=1S/C29H35N3O4S/c1-5-30-29(34)24(4)31(19-18-25-12-8-6-9-13-25)28(33)21-32(27-20-22(2)16-17-23(27)3)37(35,36)26-14-10-7-11-15-26/h6-17,20,24H,5,18-19,21H2,1-4H3,(H,30,34)/t24-/m1/s1. The minimum atomic E-state index is -4.06. The summed E-state index contributed by atoms with van der Waals surface area (Å²) in [5.41, 5.74) is 3.06. The van der Waals surface area contributed by atoms with Gasteiger partial charge in [0, 0.05) is 13.1 Å². The molecule has 0 saturated carbocycles. The molecule has 37 heavy (non-hydrogen) atoms. The number of amides is 2. The Bertz CT molecular complexity index is 1310. The Balaban J connectivity index is 2.00. The molecule has 0 bridgehead atoms. The second-order valence-electron chi connectivity index (χ2n) is 9.01.